The summed E-state index contributed by atoms with van der Waals surface area (Å²) in [6.45, 7) is 0.364. The van der Waals surface area contributed by atoms with Gasteiger partial charge in [-0.25, -0.2) is 4.79 Å². The molecule has 0 bridgehead atoms. The summed E-state index contributed by atoms with van der Waals surface area (Å²) in [6, 6.07) is 18.3. The van der Waals surface area contributed by atoms with Gasteiger partial charge in [0.25, 0.3) is 5.89 Å². The minimum absolute atomic E-state index is 0.000464. The number of aromatic nitrogens is 4. The van der Waals surface area contributed by atoms with E-state index in [2.05, 4.69) is 15.2 Å². The number of halogens is 3. The fourth-order valence-electron chi connectivity index (χ4n) is 3.49. The Morgan fingerprint density at radius 3 is 2.43 bits per heavy atom. The number of aromatic carboxylic acids is 1. The molecule has 0 fully saturated rings. The fraction of sp³-hybridized carbons (Fsp3) is 0.0833. The molecule has 3 aromatic heterocycles. The lowest BCUT2D eigenvalue weighted by Crippen LogP contribution is -2.03. The highest BCUT2D eigenvalue weighted by molar-refractivity contribution is 7.16. The van der Waals surface area contributed by atoms with Crippen LogP contribution >= 0.6 is 11.3 Å². The first-order valence-electron chi connectivity index (χ1n) is 10.2. The highest BCUT2D eigenvalue weighted by Gasteiger charge is 2.37. The van der Waals surface area contributed by atoms with Gasteiger partial charge in [0.05, 0.1) is 11.4 Å². The van der Waals surface area contributed by atoms with Crippen molar-refractivity contribution in [2.24, 2.45) is 0 Å². The van der Waals surface area contributed by atoms with Gasteiger partial charge in [0, 0.05) is 17.3 Å². The molecular formula is C24H15F3N4O3S. The molecule has 11 heteroatoms. The zero-order chi connectivity index (χ0) is 24.6. The summed E-state index contributed by atoms with van der Waals surface area (Å²) in [6.07, 6.45) is -2.95. The van der Waals surface area contributed by atoms with Gasteiger partial charge in [-0.2, -0.15) is 23.3 Å². The van der Waals surface area contributed by atoms with Crippen LogP contribution in [0.5, 0.6) is 0 Å². The summed E-state index contributed by atoms with van der Waals surface area (Å²) < 4.78 is 47.8. The van der Waals surface area contributed by atoms with Crippen molar-refractivity contribution >= 4 is 17.3 Å². The van der Waals surface area contributed by atoms with Crippen LogP contribution in [-0.4, -0.2) is 31.0 Å². The Morgan fingerprint density at radius 2 is 1.77 bits per heavy atom. The van der Waals surface area contributed by atoms with Crippen molar-refractivity contribution in [3.05, 3.63) is 89.1 Å². The number of carbonyl (C=O) groups is 1. The highest BCUT2D eigenvalue weighted by Crippen LogP contribution is 2.45. The van der Waals surface area contributed by atoms with Crippen LogP contribution < -0.4 is 0 Å². The van der Waals surface area contributed by atoms with E-state index in [1.165, 1.54) is 16.8 Å². The molecule has 0 aliphatic carbocycles. The molecule has 0 spiro atoms. The van der Waals surface area contributed by atoms with E-state index in [0.29, 0.717) is 29.0 Å². The zero-order valence-corrected chi connectivity index (χ0v) is 18.5. The molecule has 0 aliphatic rings. The molecule has 0 atom stereocenters. The average molecular weight is 496 g/mol. The van der Waals surface area contributed by atoms with Crippen LogP contribution in [0.4, 0.5) is 13.2 Å². The van der Waals surface area contributed by atoms with Gasteiger partial charge in [0.15, 0.2) is 5.69 Å². The summed E-state index contributed by atoms with van der Waals surface area (Å²) in [5, 5.41) is 16.9. The van der Waals surface area contributed by atoms with Crippen molar-refractivity contribution in [2.75, 3.05) is 0 Å². The van der Waals surface area contributed by atoms with Gasteiger partial charge in [0.2, 0.25) is 5.82 Å². The van der Waals surface area contributed by atoms with Crippen LogP contribution in [0.2, 0.25) is 0 Å². The lowest BCUT2D eigenvalue weighted by Gasteiger charge is -2.07. The van der Waals surface area contributed by atoms with Gasteiger partial charge >= 0.3 is 12.1 Å². The van der Waals surface area contributed by atoms with Gasteiger partial charge in [-0.15, -0.1) is 11.3 Å². The second-order valence-corrected chi connectivity index (χ2v) is 8.59. The number of hydrogen-bond donors (Lipinski definition) is 1. The van der Waals surface area contributed by atoms with Crippen LogP contribution in [0, 0.1) is 0 Å². The Balaban J connectivity index is 1.39. The molecule has 3 heterocycles. The molecule has 5 rings (SSSR count). The van der Waals surface area contributed by atoms with Gasteiger partial charge in [-0.05, 0) is 23.3 Å². The molecule has 0 unspecified atom stereocenters. The number of thiophene rings is 1. The smallest absolute Gasteiger partial charge is 0.426 e. The van der Waals surface area contributed by atoms with Crippen molar-refractivity contribution in [1.82, 2.24) is 19.9 Å². The van der Waals surface area contributed by atoms with Gasteiger partial charge in [-0.1, -0.05) is 59.8 Å². The molecule has 35 heavy (non-hydrogen) atoms. The van der Waals surface area contributed by atoms with E-state index in [0.717, 1.165) is 5.56 Å². The third-order valence-electron chi connectivity index (χ3n) is 5.13. The molecular weight excluding hydrogens is 481 g/mol. The Kier molecular flexibility index (Phi) is 5.69. The SMILES string of the molecule is O=C(O)c1ccn(Cc2ccc(-c3noc(-c4cc(-c5ccccc5)c(C(F)(F)F)s4)n3)cc2)n1. The number of rotatable bonds is 6. The summed E-state index contributed by atoms with van der Waals surface area (Å²) in [5.74, 6) is -0.863. The normalized spacial score (nSPS) is 11.6. The van der Waals surface area contributed by atoms with Crippen LogP contribution in [-0.2, 0) is 12.7 Å². The van der Waals surface area contributed by atoms with Crippen molar-refractivity contribution in [1.29, 1.82) is 0 Å². The number of hydrogen-bond acceptors (Lipinski definition) is 6. The quantitative estimate of drug-likeness (QED) is 0.306. The molecule has 0 saturated carbocycles. The number of alkyl halides is 3. The second kappa shape index (κ2) is 8.84. The van der Waals surface area contributed by atoms with Crippen molar-refractivity contribution < 1.29 is 27.6 Å². The summed E-state index contributed by atoms with van der Waals surface area (Å²) in [5.41, 5.74) is 1.94. The first kappa shape index (κ1) is 22.5. The minimum Gasteiger partial charge on any atom is -0.476 e. The van der Waals surface area contributed by atoms with Crippen molar-refractivity contribution in [2.45, 2.75) is 12.7 Å². The summed E-state index contributed by atoms with van der Waals surface area (Å²) in [7, 11) is 0. The van der Waals surface area contributed by atoms with E-state index in [1.54, 1.807) is 60.8 Å². The first-order chi connectivity index (χ1) is 16.8. The van der Waals surface area contributed by atoms with Crippen LogP contribution in [0.1, 0.15) is 20.9 Å². The lowest BCUT2D eigenvalue weighted by molar-refractivity contribution is -0.133. The Morgan fingerprint density at radius 1 is 1.03 bits per heavy atom. The van der Waals surface area contributed by atoms with Crippen LogP contribution in [0.15, 0.2) is 77.4 Å². The third kappa shape index (κ3) is 4.71. The fourth-order valence-corrected chi connectivity index (χ4v) is 4.46. The maximum absolute atomic E-state index is 13.7. The molecule has 0 saturated heterocycles. The Labute approximate surface area is 200 Å². The highest BCUT2D eigenvalue weighted by atomic mass is 32.1. The maximum atomic E-state index is 13.7. The maximum Gasteiger partial charge on any atom is 0.426 e. The number of carboxylic acid groups (broad SMARTS) is 1. The minimum atomic E-state index is -4.52. The van der Waals surface area contributed by atoms with Gasteiger partial charge in [-0.3, -0.25) is 4.68 Å². The summed E-state index contributed by atoms with van der Waals surface area (Å²) >= 11 is 0.558. The molecule has 2 aromatic carbocycles. The third-order valence-corrected chi connectivity index (χ3v) is 6.30. The molecule has 1 N–H and O–H groups in total. The number of nitrogens with zero attached hydrogens (tertiary/aromatic N) is 4. The lowest BCUT2D eigenvalue weighted by atomic mass is 10.1. The van der Waals surface area contributed by atoms with E-state index in [1.807, 2.05) is 0 Å². The molecule has 0 radical (unpaired) electrons. The van der Waals surface area contributed by atoms with E-state index >= 15 is 0 Å². The Hall–Kier alpha value is -4.25. The van der Waals surface area contributed by atoms with E-state index in [4.69, 9.17) is 9.63 Å². The molecule has 0 aliphatic heterocycles. The molecule has 5 aromatic rings. The van der Waals surface area contributed by atoms with E-state index in [9.17, 15) is 18.0 Å². The Bertz CT molecular complexity index is 1490. The predicted octanol–water partition coefficient (Wildman–Crippen LogP) is 6.09. The monoisotopic (exact) mass is 496 g/mol. The van der Waals surface area contributed by atoms with Gasteiger partial charge < -0.3 is 9.63 Å². The molecule has 7 nitrogen and oxygen atoms in total. The van der Waals surface area contributed by atoms with E-state index in [-0.39, 0.29) is 27.8 Å². The van der Waals surface area contributed by atoms with Crippen LogP contribution in [0.3, 0.4) is 0 Å². The number of carboxylic acids is 1. The van der Waals surface area contributed by atoms with Gasteiger partial charge in [0.1, 0.15) is 4.88 Å². The predicted molar refractivity (Wildman–Crippen MR) is 122 cm³/mol. The van der Waals surface area contributed by atoms with Crippen LogP contribution in [0.25, 0.3) is 33.3 Å². The molecule has 176 valence electrons. The molecule has 0 amide bonds. The topological polar surface area (TPSA) is 94.0 Å². The summed E-state index contributed by atoms with van der Waals surface area (Å²) in [4.78, 5) is 14.8. The standard InChI is InChI=1S/C24H15F3N4O3S/c25-24(26,27)20-17(15-4-2-1-3-5-15)12-19(35-20)22-28-21(30-34-22)16-8-6-14(7-9-16)13-31-11-10-18(29-31)23(32)33/h1-12H,13H2,(H,32,33). The van der Waals surface area contributed by atoms with Crippen molar-refractivity contribution in [3.63, 3.8) is 0 Å². The second-order valence-electron chi connectivity index (χ2n) is 7.54. The number of benzene rings is 2. The zero-order valence-electron chi connectivity index (χ0n) is 17.7. The van der Waals surface area contributed by atoms with E-state index < -0.39 is 17.0 Å². The van der Waals surface area contributed by atoms with Crippen molar-refractivity contribution in [3.8, 4) is 33.3 Å². The largest absolute Gasteiger partial charge is 0.476 e. The average Bonchev–Trinajstić information content (AvgIpc) is 3.59. The first-order valence-corrected chi connectivity index (χ1v) is 11.1.